The van der Waals surface area contributed by atoms with Crippen molar-refractivity contribution in [2.75, 3.05) is 17.7 Å². The standard InChI is InChI=1S/C30H28N4O4S2/c1-3-38-29(37)24-20-9-5-7-11-22(20)40-27(24)32-23(35)16-39-30-33-25-19-8-4-6-10-21(19)31-26(25)28(36)34(30)18-14-12-17(2)13-15-18/h4,6,8,10,12-15,31H,3,5,7,9,11,16H2,1-2H3,(H,32,35). The molecule has 3 heterocycles. The number of ether oxygens (including phenoxy) is 1. The molecule has 2 N–H and O–H groups in total. The number of carbonyl (C=O) groups is 2. The number of anilines is 1. The highest BCUT2D eigenvalue weighted by Gasteiger charge is 2.27. The number of thioether (sulfide) groups is 1. The minimum Gasteiger partial charge on any atom is -0.462 e. The van der Waals surface area contributed by atoms with Crippen molar-refractivity contribution in [3.63, 3.8) is 0 Å². The predicted molar refractivity (Wildman–Crippen MR) is 160 cm³/mol. The highest BCUT2D eigenvalue weighted by molar-refractivity contribution is 7.99. The van der Waals surface area contributed by atoms with Gasteiger partial charge in [0.25, 0.3) is 5.56 Å². The van der Waals surface area contributed by atoms with Gasteiger partial charge in [0.2, 0.25) is 5.91 Å². The Morgan fingerprint density at radius 1 is 1.12 bits per heavy atom. The van der Waals surface area contributed by atoms with E-state index in [9.17, 15) is 14.4 Å². The minimum atomic E-state index is -0.399. The number of thiophene rings is 1. The minimum absolute atomic E-state index is 0.0109. The van der Waals surface area contributed by atoms with Gasteiger partial charge in [-0.15, -0.1) is 11.3 Å². The lowest BCUT2D eigenvalue weighted by molar-refractivity contribution is -0.113. The fourth-order valence-corrected chi connectivity index (χ4v) is 7.23. The number of aryl methyl sites for hydroxylation is 2. The van der Waals surface area contributed by atoms with Crippen molar-refractivity contribution in [2.24, 2.45) is 0 Å². The Morgan fingerprint density at radius 3 is 2.70 bits per heavy atom. The Balaban J connectivity index is 1.34. The van der Waals surface area contributed by atoms with E-state index >= 15 is 0 Å². The number of hydrogen-bond acceptors (Lipinski definition) is 7. The van der Waals surface area contributed by atoms with Gasteiger partial charge >= 0.3 is 5.97 Å². The smallest absolute Gasteiger partial charge is 0.341 e. The van der Waals surface area contributed by atoms with Crippen LogP contribution in [0.2, 0.25) is 0 Å². The van der Waals surface area contributed by atoms with Crippen LogP contribution in [-0.4, -0.2) is 38.8 Å². The van der Waals surface area contributed by atoms with E-state index in [4.69, 9.17) is 9.72 Å². The average molecular weight is 573 g/mol. The van der Waals surface area contributed by atoms with Gasteiger partial charge in [-0.3, -0.25) is 14.2 Å². The summed E-state index contributed by atoms with van der Waals surface area (Å²) < 4.78 is 6.86. The van der Waals surface area contributed by atoms with Crippen molar-refractivity contribution in [3.05, 3.63) is 80.5 Å². The maximum atomic E-state index is 13.8. The highest BCUT2D eigenvalue weighted by atomic mass is 32.2. The first-order valence-electron chi connectivity index (χ1n) is 13.3. The first-order valence-corrected chi connectivity index (χ1v) is 15.1. The lowest BCUT2D eigenvalue weighted by atomic mass is 9.95. The molecule has 10 heteroatoms. The fraction of sp³-hybridized carbons (Fsp3) is 0.267. The van der Waals surface area contributed by atoms with Crippen molar-refractivity contribution in [2.45, 2.75) is 44.7 Å². The second kappa shape index (κ2) is 10.9. The third-order valence-corrected chi connectivity index (χ3v) is 9.17. The summed E-state index contributed by atoms with van der Waals surface area (Å²) in [7, 11) is 0. The lowest BCUT2D eigenvalue weighted by Crippen LogP contribution is -2.23. The second-order valence-electron chi connectivity index (χ2n) is 9.74. The summed E-state index contributed by atoms with van der Waals surface area (Å²) in [5.41, 5.74) is 4.80. The van der Waals surface area contributed by atoms with Crippen LogP contribution >= 0.6 is 23.1 Å². The summed E-state index contributed by atoms with van der Waals surface area (Å²) >= 11 is 2.65. The van der Waals surface area contributed by atoms with Crippen LogP contribution in [0, 0.1) is 6.92 Å². The van der Waals surface area contributed by atoms with E-state index in [1.807, 2.05) is 55.5 Å². The molecule has 0 bridgehead atoms. The molecule has 40 heavy (non-hydrogen) atoms. The number of aromatic nitrogens is 3. The average Bonchev–Trinajstić information content (AvgIpc) is 3.51. The SMILES string of the molecule is CCOC(=O)c1c(NC(=O)CSc2nc3c([nH]c4ccccc43)c(=O)n2-c2ccc(C)cc2)sc2c1CCCC2. The van der Waals surface area contributed by atoms with E-state index < -0.39 is 5.97 Å². The molecule has 0 aliphatic heterocycles. The van der Waals surface area contributed by atoms with Gasteiger partial charge in [0, 0.05) is 15.8 Å². The van der Waals surface area contributed by atoms with Gasteiger partial charge in [-0.2, -0.15) is 0 Å². The molecule has 3 aromatic heterocycles. The number of H-pyrrole nitrogens is 1. The summed E-state index contributed by atoms with van der Waals surface area (Å²) in [5, 5.41) is 4.75. The molecule has 204 valence electrons. The van der Waals surface area contributed by atoms with Gasteiger partial charge in [0.05, 0.1) is 23.6 Å². The summed E-state index contributed by atoms with van der Waals surface area (Å²) in [6.07, 6.45) is 3.78. The first-order chi connectivity index (χ1) is 19.4. The van der Waals surface area contributed by atoms with Crippen LogP contribution in [-0.2, 0) is 22.4 Å². The number of nitrogens with zero attached hydrogens (tertiary/aromatic N) is 2. The Morgan fingerprint density at radius 2 is 1.90 bits per heavy atom. The molecule has 0 saturated carbocycles. The third-order valence-electron chi connectivity index (χ3n) is 7.02. The zero-order valence-corrected chi connectivity index (χ0v) is 23.8. The predicted octanol–water partition coefficient (Wildman–Crippen LogP) is 6.02. The maximum absolute atomic E-state index is 13.8. The van der Waals surface area contributed by atoms with Gasteiger partial charge < -0.3 is 15.0 Å². The molecule has 0 saturated heterocycles. The van der Waals surface area contributed by atoms with Crippen LogP contribution in [0.25, 0.3) is 27.6 Å². The van der Waals surface area contributed by atoms with Gasteiger partial charge in [-0.25, -0.2) is 9.78 Å². The number of nitrogens with one attached hydrogen (secondary N) is 2. The summed E-state index contributed by atoms with van der Waals surface area (Å²) in [6, 6.07) is 15.3. The molecule has 6 rings (SSSR count). The molecule has 0 spiro atoms. The first kappa shape index (κ1) is 26.3. The molecular weight excluding hydrogens is 544 g/mol. The van der Waals surface area contributed by atoms with Gasteiger partial charge in [-0.1, -0.05) is 47.7 Å². The van der Waals surface area contributed by atoms with Crippen molar-refractivity contribution in [1.29, 1.82) is 0 Å². The van der Waals surface area contributed by atoms with Gasteiger partial charge in [0.15, 0.2) is 5.16 Å². The van der Waals surface area contributed by atoms with Gasteiger partial charge in [0.1, 0.15) is 16.0 Å². The molecule has 0 atom stereocenters. The number of benzene rings is 2. The summed E-state index contributed by atoms with van der Waals surface area (Å²) in [4.78, 5) is 49.0. The largest absolute Gasteiger partial charge is 0.462 e. The van der Waals surface area contributed by atoms with Crippen LogP contribution in [0.5, 0.6) is 0 Å². The maximum Gasteiger partial charge on any atom is 0.341 e. The fourth-order valence-electron chi connectivity index (χ4n) is 5.13. The number of aromatic amines is 1. The normalized spacial score (nSPS) is 12.9. The zero-order valence-electron chi connectivity index (χ0n) is 22.2. The second-order valence-corrected chi connectivity index (χ2v) is 11.8. The molecule has 8 nitrogen and oxygen atoms in total. The van der Waals surface area contributed by atoms with E-state index in [0.717, 1.165) is 52.6 Å². The molecule has 1 amide bonds. The number of para-hydroxylation sites is 1. The lowest BCUT2D eigenvalue weighted by Gasteiger charge is -2.13. The van der Waals surface area contributed by atoms with E-state index in [-0.39, 0.29) is 23.8 Å². The van der Waals surface area contributed by atoms with E-state index in [2.05, 4.69) is 10.3 Å². The highest BCUT2D eigenvalue weighted by Crippen LogP contribution is 2.39. The number of esters is 1. The van der Waals surface area contributed by atoms with Gasteiger partial charge in [-0.05, 0) is 63.3 Å². The van der Waals surface area contributed by atoms with Crippen LogP contribution in [0.1, 0.15) is 46.1 Å². The summed E-state index contributed by atoms with van der Waals surface area (Å²) in [6.45, 7) is 4.03. The topological polar surface area (TPSA) is 106 Å². The summed E-state index contributed by atoms with van der Waals surface area (Å²) in [5.74, 6) is -0.667. The number of rotatable bonds is 7. The molecule has 0 radical (unpaired) electrons. The molecular formula is C30H28N4O4S2. The molecule has 1 aliphatic rings. The van der Waals surface area contributed by atoms with E-state index in [1.165, 1.54) is 23.1 Å². The van der Waals surface area contributed by atoms with Crippen LogP contribution in [0.15, 0.2) is 58.5 Å². The Labute approximate surface area is 238 Å². The van der Waals surface area contributed by atoms with Crippen molar-refractivity contribution in [1.82, 2.24) is 14.5 Å². The Kier molecular flexibility index (Phi) is 7.20. The molecule has 2 aromatic carbocycles. The zero-order chi connectivity index (χ0) is 27.8. The monoisotopic (exact) mass is 572 g/mol. The molecule has 1 aliphatic carbocycles. The quantitative estimate of drug-likeness (QED) is 0.140. The van der Waals surface area contributed by atoms with Crippen molar-refractivity contribution >= 4 is 61.9 Å². The number of hydrogen-bond donors (Lipinski definition) is 2. The van der Waals surface area contributed by atoms with Crippen molar-refractivity contribution in [3.8, 4) is 5.69 Å². The number of fused-ring (bicyclic) bond motifs is 4. The van der Waals surface area contributed by atoms with E-state index in [0.29, 0.717) is 32.4 Å². The van der Waals surface area contributed by atoms with Crippen LogP contribution in [0.4, 0.5) is 5.00 Å². The number of carbonyl (C=O) groups excluding carboxylic acids is 2. The molecule has 0 fully saturated rings. The molecule has 5 aromatic rings. The Bertz CT molecular complexity index is 1820. The number of amides is 1. The van der Waals surface area contributed by atoms with Crippen molar-refractivity contribution < 1.29 is 14.3 Å². The Hall–Kier alpha value is -3.89. The van der Waals surface area contributed by atoms with Crippen LogP contribution < -0.4 is 10.9 Å². The molecule has 0 unspecified atom stereocenters. The van der Waals surface area contributed by atoms with Crippen LogP contribution in [0.3, 0.4) is 0 Å². The van der Waals surface area contributed by atoms with E-state index in [1.54, 1.807) is 11.5 Å². The third kappa shape index (κ3) is 4.82.